The second-order valence-corrected chi connectivity index (χ2v) is 8.77. The van der Waals surface area contributed by atoms with Gasteiger partial charge in [-0.15, -0.1) is 0 Å². The fourth-order valence-electron chi connectivity index (χ4n) is 3.06. The standard InChI is InChI=1S/C22H15BrFN3O5S/c1-11(28)32-19-15(23)7-13(9-17(19)31-2)10-18-21(30)27-22(33-18)25-20(29)16(26-27)8-12-3-5-14(24)6-4-12/h3-7,9-10H,8H2,1-2H3/b18-10-. The Kier molecular flexibility index (Phi) is 6.34. The number of carbonyl (C=O) groups excluding carboxylic acids is 1. The molecule has 0 amide bonds. The van der Waals surface area contributed by atoms with Crippen molar-refractivity contribution < 1.29 is 18.7 Å². The summed E-state index contributed by atoms with van der Waals surface area (Å²) < 4.78 is 25.4. The summed E-state index contributed by atoms with van der Waals surface area (Å²) in [5.41, 5.74) is 0.342. The summed E-state index contributed by atoms with van der Waals surface area (Å²) in [5, 5.41) is 4.19. The quantitative estimate of drug-likeness (QED) is 0.288. The minimum atomic E-state index is -0.553. The lowest BCUT2D eigenvalue weighted by Crippen LogP contribution is -2.28. The highest BCUT2D eigenvalue weighted by Crippen LogP contribution is 2.37. The summed E-state index contributed by atoms with van der Waals surface area (Å²) in [5.74, 6) is -0.372. The van der Waals surface area contributed by atoms with E-state index in [-0.39, 0.29) is 28.6 Å². The summed E-state index contributed by atoms with van der Waals surface area (Å²) in [6, 6.07) is 8.93. The molecule has 8 nitrogen and oxygen atoms in total. The van der Waals surface area contributed by atoms with Crippen molar-refractivity contribution >= 4 is 44.3 Å². The molecule has 0 fully saturated rings. The lowest BCUT2D eigenvalue weighted by molar-refractivity contribution is -0.132. The van der Waals surface area contributed by atoms with E-state index in [1.54, 1.807) is 30.3 Å². The van der Waals surface area contributed by atoms with Gasteiger partial charge >= 0.3 is 5.97 Å². The SMILES string of the molecule is COc1cc(/C=c2\sc3nc(=O)c(Cc4ccc(F)cc4)nn3c2=O)cc(Br)c1OC(C)=O. The van der Waals surface area contributed by atoms with Gasteiger partial charge in [-0.1, -0.05) is 23.5 Å². The lowest BCUT2D eigenvalue weighted by Gasteiger charge is -2.10. The Morgan fingerprint density at radius 3 is 2.64 bits per heavy atom. The molecule has 0 atom stereocenters. The topological polar surface area (TPSA) is 99.9 Å². The molecule has 0 aliphatic heterocycles. The maximum atomic E-state index is 13.1. The number of halogens is 2. The third kappa shape index (κ3) is 4.83. The molecule has 0 radical (unpaired) electrons. The van der Waals surface area contributed by atoms with Gasteiger partial charge in [-0.3, -0.25) is 14.4 Å². The molecule has 0 aliphatic carbocycles. The van der Waals surface area contributed by atoms with E-state index in [9.17, 15) is 18.8 Å². The van der Waals surface area contributed by atoms with Crippen LogP contribution < -0.4 is 25.1 Å². The number of hydrogen-bond acceptors (Lipinski definition) is 8. The number of hydrogen-bond donors (Lipinski definition) is 0. The number of esters is 1. The molecule has 4 aromatic rings. The van der Waals surface area contributed by atoms with Gasteiger partial charge in [0.05, 0.1) is 16.1 Å². The van der Waals surface area contributed by atoms with Gasteiger partial charge in [0.15, 0.2) is 11.5 Å². The van der Waals surface area contributed by atoms with Crippen molar-refractivity contribution in [2.24, 2.45) is 0 Å². The molecule has 11 heteroatoms. The normalized spacial score (nSPS) is 11.7. The minimum absolute atomic E-state index is 0.0794. The van der Waals surface area contributed by atoms with Crippen LogP contribution in [0.2, 0.25) is 0 Å². The summed E-state index contributed by atoms with van der Waals surface area (Å²) in [7, 11) is 1.43. The second kappa shape index (κ2) is 9.20. The average Bonchev–Trinajstić information content (AvgIpc) is 3.05. The van der Waals surface area contributed by atoms with E-state index in [0.717, 1.165) is 15.9 Å². The van der Waals surface area contributed by atoms with Gasteiger partial charge in [0, 0.05) is 13.3 Å². The monoisotopic (exact) mass is 531 g/mol. The third-order valence-electron chi connectivity index (χ3n) is 4.53. The zero-order valence-electron chi connectivity index (χ0n) is 17.3. The van der Waals surface area contributed by atoms with Crippen LogP contribution in [0.5, 0.6) is 11.5 Å². The van der Waals surface area contributed by atoms with E-state index in [1.165, 1.54) is 26.2 Å². The summed E-state index contributed by atoms with van der Waals surface area (Å²) >= 11 is 4.36. The van der Waals surface area contributed by atoms with Crippen molar-refractivity contribution in [3.63, 3.8) is 0 Å². The molecular weight excluding hydrogens is 517 g/mol. The van der Waals surface area contributed by atoms with E-state index < -0.39 is 17.1 Å². The smallest absolute Gasteiger partial charge is 0.308 e. The lowest BCUT2D eigenvalue weighted by atomic mass is 10.1. The number of nitrogens with zero attached hydrogens (tertiary/aromatic N) is 3. The maximum Gasteiger partial charge on any atom is 0.308 e. The Morgan fingerprint density at radius 2 is 1.97 bits per heavy atom. The Hall–Kier alpha value is -3.44. The highest BCUT2D eigenvalue weighted by Gasteiger charge is 2.15. The number of fused-ring (bicyclic) bond motifs is 1. The molecule has 0 spiro atoms. The average molecular weight is 532 g/mol. The predicted octanol–water partition coefficient (Wildman–Crippen LogP) is 2.49. The van der Waals surface area contributed by atoms with Crippen molar-refractivity contribution in [3.05, 3.63) is 88.7 Å². The molecule has 0 unspecified atom stereocenters. The molecule has 0 bridgehead atoms. The van der Waals surface area contributed by atoms with Gasteiger partial charge in [0.2, 0.25) is 4.96 Å². The first-order valence-corrected chi connectivity index (χ1v) is 11.1. The largest absolute Gasteiger partial charge is 0.493 e. The molecule has 0 N–H and O–H groups in total. The fourth-order valence-corrected chi connectivity index (χ4v) is 4.51. The second-order valence-electron chi connectivity index (χ2n) is 6.90. The van der Waals surface area contributed by atoms with Gasteiger partial charge in [-0.2, -0.15) is 14.6 Å². The minimum Gasteiger partial charge on any atom is -0.493 e. The first kappa shape index (κ1) is 22.7. The van der Waals surface area contributed by atoms with Crippen LogP contribution in [0.3, 0.4) is 0 Å². The number of rotatable bonds is 5. The number of benzene rings is 2. The predicted molar refractivity (Wildman–Crippen MR) is 123 cm³/mol. The number of methoxy groups -OCH3 is 1. The van der Waals surface area contributed by atoms with Crippen molar-refractivity contribution in [2.75, 3.05) is 7.11 Å². The van der Waals surface area contributed by atoms with Crippen molar-refractivity contribution in [3.8, 4) is 11.5 Å². The van der Waals surface area contributed by atoms with Crippen LogP contribution >= 0.6 is 27.3 Å². The molecule has 0 saturated heterocycles. The fraction of sp³-hybridized carbons (Fsp3) is 0.136. The van der Waals surface area contributed by atoms with Crippen molar-refractivity contribution in [2.45, 2.75) is 13.3 Å². The first-order chi connectivity index (χ1) is 15.7. The van der Waals surface area contributed by atoms with E-state index in [4.69, 9.17) is 9.47 Å². The molecule has 2 aromatic carbocycles. The van der Waals surface area contributed by atoms with Gasteiger partial charge in [0.1, 0.15) is 11.5 Å². The molecule has 33 heavy (non-hydrogen) atoms. The molecule has 168 valence electrons. The number of ether oxygens (including phenoxy) is 2. The Labute approximate surface area is 198 Å². The van der Waals surface area contributed by atoms with Crippen LogP contribution in [0.15, 0.2) is 50.5 Å². The van der Waals surface area contributed by atoms with Gasteiger partial charge in [0.25, 0.3) is 11.1 Å². The van der Waals surface area contributed by atoms with Crippen molar-refractivity contribution in [1.29, 1.82) is 0 Å². The highest BCUT2D eigenvalue weighted by atomic mass is 79.9. The Morgan fingerprint density at radius 1 is 1.24 bits per heavy atom. The van der Waals surface area contributed by atoms with Crippen LogP contribution in [-0.4, -0.2) is 27.7 Å². The van der Waals surface area contributed by atoms with Crippen LogP contribution in [0.25, 0.3) is 11.0 Å². The summed E-state index contributed by atoms with van der Waals surface area (Å²) in [4.78, 5) is 40.8. The molecule has 4 rings (SSSR count). The third-order valence-corrected chi connectivity index (χ3v) is 6.08. The van der Waals surface area contributed by atoms with E-state index >= 15 is 0 Å². The zero-order valence-corrected chi connectivity index (χ0v) is 19.7. The number of carbonyl (C=O) groups is 1. The van der Waals surface area contributed by atoms with Crippen LogP contribution in [0.4, 0.5) is 4.39 Å². The Bertz CT molecular complexity index is 1550. The summed E-state index contributed by atoms with van der Waals surface area (Å²) in [6.07, 6.45) is 1.71. The molecule has 2 aromatic heterocycles. The maximum absolute atomic E-state index is 13.1. The van der Waals surface area contributed by atoms with Crippen molar-refractivity contribution in [1.82, 2.24) is 14.6 Å². The van der Waals surface area contributed by atoms with Crippen LogP contribution in [0, 0.1) is 5.82 Å². The van der Waals surface area contributed by atoms with Gasteiger partial charge in [-0.25, -0.2) is 4.39 Å². The van der Waals surface area contributed by atoms with Gasteiger partial charge in [-0.05, 0) is 57.4 Å². The van der Waals surface area contributed by atoms with Gasteiger partial charge < -0.3 is 9.47 Å². The molecular formula is C22H15BrFN3O5S. The Balaban J connectivity index is 1.77. The highest BCUT2D eigenvalue weighted by molar-refractivity contribution is 9.10. The molecule has 0 aliphatic rings. The van der Waals surface area contributed by atoms with E-state index in [0.29, 0.717) is 25.9 Å². The molecule has 2 heterocycles. The van der Waals surface area contributed by atoms with Crippen LogP contribution in [-0.2, 0) is 11.2 Å². The van der Waals surface area contributed by atoms with Crippen LogP contribution in [0.1, 0.15) is 23.7 Å². The zero-order chi connectivity index (χ0) is 23.7. The van der Waals surface area contributed by atoms with E-state index in [2.05, 4.69) is 26.0 Å². The number of thiazole rings is 1. The summed E-state index contributed by atoms with van der Waals surface area (Å²) in [6.45, 7) is 1.28. The molecule has 0 saturated carbocycles. The van der Waals surface area contributed by atoms with E-state index in [1.807, 2.05) is 0 Å². The number of aromatic nitrogens is 3. The first-order valence-electron chi connectivity index (χ1n) is 9.50.